The number of nitrogens with zero attached hydrogens (tertiary/aromatic N) is 1. The van der Waals surface area contributed by atoms with Crippen molar-refractivity contribution < 1.29 is 9.90 Å². The summed E-state index contributed by atoms with van der Waals surface area (Å²) in [5, 5.41) is 19.0. The van der Waals surface area contributed by atoms with Gasteiger partial charge < -0.3 is 10.1 Å². The molecule has 1 heterocycles. The highest BCUT2D eigenvalue weighted by Gasteiger charge is 2.19. The number of aromatic amines is 1. The van der Waals surface area contributed by atoms with E-state index in [1.54, 1.807) is 0 Å². The van der Waals surface area contributed by atoms with Gasteiger partial charge in [-0.3, -0.25) is 4.79 Å². The Hall–Kier alpha value is -2.28. The van der Waals surface area contributed by atoms with Gasteiger partial charge in [-0.15, -0.1) is 0 Å². The van der Waals surface area contributed by atoms with E-state index in [1.165, 1.54) is 0 Å². The number of aliphatic carboxylic acids is 1. The van der Waals surface area contributed by atoms with Gasteiger partial charge in [-0.2, -0.15) is 5.26 Å². The Labute approximate surface area is 105 Å². The number of aromatic nitrogens is 1. The number of benzene rings is 1. The van der Waals surface area contributed by atoms with Crippen LogP contribution in [0, 0.1) is 11.3 Å². The summed E-state index contributed by atoms with van der Waals surface area (Å²) in [6, 6.07) is 9.77. The number of nitrogens with one attached hydrogen (secondary N) is 1. The average Bonchev–Trinajstić information content (AvgIpc) is 2.70. The number of H-pyrrole nitrogens is 1. The zero-order valence-electron chi connectivity index (χ0n) is 10.1. The number of fused-ring (bicyclic) bond motifs is 1. The third kappa shape index (κ3) is 2.07. The number of carboxylic acid groups (broad SMARTS) is 1. The summed E-state index contributed by atoms with van der Waals surface area (Å²) in [5.41, 5.74) is 2.35. The smallest absolute Gasteiger partial charge is 0.307 e. The van der Waals surface area contributed by atoms with Gasteiger partial charge in [0.05, 0.1) is 18.4 Å². The highest BCUT2D eigenvalue weighted by atomic mass is 16.4. The van der Waals surface area contributed by atoms with E-state index in [-0.39, 0.29) is 12.3 Å². The minimum Gasteiger partial charge on any atom is -0.481 e. The van der Waals surface area contributed by atoms with Crippen molar-refractivity contribution in [2.24, 2.45) is 0 Å². The van der Waals surface area contributed by atoms with Gasteiger partial charge in [0, 0.05) is 16.6 Å². The van der Waals surface area contributed by atoms with Gasteiger partial charge in [0.2, 0.25) is 0 Å². The number of rotatable bonds is 4. The van der Waals surface area contributed by atoms with Gasteiger partial charge in [-0.1, -0.05) is 25.1 Å². The van der Waals surface area contributed by atoms with Gasteiger partial charge in [0.25, 0.3) is 0 Å². The van der Waals surface area contributed by atoms with Crippen molar-refractivity contribution >= 4 is 16.9 Å². The molecule has 0 aliphatic rings. The van der Waals surface area contributed by atoms with Crippen molar-refractivity contribution in [3.05, 3.63) is 35.5 Å². The van der Waals surface area contributed by atoms with Crippen molar-refractivity contribution in [2.75, 3.05) is 0 Å². The molecular formula is C14H14N2O2. The Morgan fingerprint density at radius 1 is 1.50 bits per heavy atom. The Kier molecular flexibility index (Phi) is 3.33. The molecule has 0 radical (unpaired) electrons. The largest absolute Gasteiger partial charge is 0.481 e. The molecule has 1 aromatic heterocycles. The van der Waals surface area contributed by atoms with E-state index < -0.39 is 5.97 Å². The molecule has 1 aromatic carbocycles. The Bertz CT molecular complexity index is 622. The predicted octanol–water partition coefficient (Wildman–Crippen LogP) is 2.81. The van der Waals surface area contributed by atoms with Crippen LogP contribution in [0.5, 0.6) is 0 Å². The normalized spacial score (nSPS) is 12.2. The van der Waals surface area contributed by atoms with Gasteiger partial charge in [0.15, 0.2) is 0 Å². The van der Waals surface area contributed by atoms with E-state index in [9.17, 15) is 4.79 Å². The predicted molar refractivity (Wildman–Crippen MR) is 68.3 cm³/mol. The third-order valence-electron chi connectivity index (χ3n) is 3.09. The first kappa shape index (κ1) is 12.2. The molecule has 18 heavy (non-hydrogen) atoms. The summed E-state index contributed by atoms with van der Waals surface area (Å²) in [7, 11) is 0. The van der Waals surface area contributed by atoms with E-state index in [4.69, 9.17) is 10.4 Å². The molecule has 0 bridgehead atoms. The van der Waals surface area contributed by atoms with E-state index >= 15 is 0 Å². The second kappa shape index (κ2) is 4.92. The van der Waals surface area contributed by atoms with Gasteiger partial charge >= 0.3 is 5.97 Å². The maximum absolute atomic E-state index is 11.0. The van der Waals surface area contributed by atoms with Crippen LogP contribution in [0.1, 0.15) is 30.5 Å². The summed E-state index contributed by atoms with van der Waals surface area (Å²) in [6.07, 6.45) is 0.605. The molecule has 0 aliphatic heterocycles. The van der Waals surface area contributed by atoms with Crippen molar-refractivity contribution in [1.82, 2.24) is 4.98 Å². The molecule has 0 aliphatic carbocycles. The van der Waals surface area contributed by atoms with Gasteiger partial charge in [-0.05, 0) is 18.1 Å². The lowest BCUT2D eigenvalue weighted by molar-refractivity contribution is -0.136. The summed E-state index contributed by atoms with van der Waals surface area (Å²) in [4.78, 5) is 14.2. The monoisotopic (exact) mass is 242 g/mol. The first-order valence-corrected chi connectivity index (χ1v) is 5.88. The summed E-state index contributed by atoms with van der Waals surface area (Å²) in [6.45, 7) is 1.92. The maximum atomic E-state index is 11.0. The van der Waals surface area contributed by atoms with Crippen LogP contribution < -0.4 is 0 Å². The molecule has 2 rings (SSSR count). The average molecular weight is 242 g/mol. The minimum absolute atomic E-state index is 0.0580. The number of para-hydroxylation sites is 1. The molecular weight excluding hydrogens is 228 g/mol. The first-order chi connectivity index (χ1) is 8.67. The van der Waals surface area contributed by atoms with Crippen LogP contribution in [-0.2, 0) is 11.2 Å². The number of carboxylic acids is 1. The van der Waals surface area contributed by atoms with Crippen LogP contribution in [0.15, 0.2) is 24.3 Å². The number of hydrogen-bond donors (Lipinski definition) is 2. The second-order valence-corrected chi connectivity index (χ2v) is 4.22. The molecule has 4 heteroatoms. The second-order valence-electron chi connectivity index (χ2n) is 4.22. The molecule has 0 saturated carbocycles. The van der Waals surface area contributed by atoms with Crippen LogP contribution in [0.3, 0.4) is 0 Å². The fourth-order valence-electron chi connectivity index (χ4n) is 2.22. The van der Waals surface area contributed by atoms with Crippen LogP contribution in [0.25, 0.3) is 10.9 Å². The summed E-state index contributed by atoms with van der Waals surface area (Å²) in [5.74, 6) is -1.17. The number of hydrogen-bond acceptors (Lipinski definition) is 2. The standard InChI is InChI=1S/C14H14N2O2/c1-2-9(8-15)14-11(7-13(17)18)10-5-3-4-6-12(10)16-14/h3-6,9,16H,2,7H2,1H3,(H,17,18). The van der Waals surface area contributed by atoms with Crippen LogP contribution in [0.2, 0.25) is 0 Å². The fraction of sp³-hybridized carbons (Fsp3) is 0.286. The van der Waals surface area contributed by atoms with Crippen molar-refractivity contribution in [1.29, 1.82) is 5.26 Å². The molecule has 0 spiro atoms. The fourth-order valence-corrected chi connectivity index (χ4v) is 2.22. The Morgan fingerprint density at radius 2 is 2.22 bits per heavy atom. The van der Waals surface area contributed by atoms with E-state index in [2.05, 4.69) is 11.1 Å². The van der Waals surface area contributed by atoms with Gasteiger partial charge in [0.1, 0.15) is 0 Å². The Morgan fingerprint density at radius 3 is 2.83 bits per heavy atom. The molecule has 0 amide bonds. The van der Waals surface area contributed by atoms with Crippen molar-refractivity contribution in [2.45, 2.75) is 25.7 Å². The third-order valence-corrected chi connectivity index (χ3v) is 3.09. The van der Waals surface area contributed by atoms with E-state index in [0.29, 0.717) is 6.42 Å². The lowest BCUT2D eigenvalue weighted by Gasteiger charge is -2.06. The zero-order chi connectivity index (χ0) is 13.1. The molecule has 1 unspecified atom stereocenters. The Balaban J connectivity index is 2.64. The summed E-state index contributed by atoms with van der Waals surface area (Å²) < 4.78 is 0. The zero-order valence-corrected chi connectivity index (χ0v) is 10.1. The highest BCUT2D eigenvalue weighted by molar-refractivity contribution is 5.88. The quantitative estimate of drug-likeness (QED) is 0.865. The first-order valence-electron chi connectivity index (χ1n) is 5.88. The number of carbonyl (C=O) groups is 1. The summed E-state index contributed by atoms with van der Waals surface area (Å²) >= 11 is 0. The molecule has 0 fully saturated rings. The maximum Gasteiger partial charge on any atom is 0.307 e. The van der Waals surface area contributed by atoms with E-state index in [1.807, 2.05) is 31.2 Å². The molecule has 4 nitrogen and oxygen atoms in total. The molecule has 1 atom stereocenters. The van der Waals surface area contributed by atoms with Crippen LogP contribution >= 0.6 is 0 Å². The topological polar surface area (TPSA) is 76.9 Å². The molecule has 92 valence electrons. The lowest BCUT2D eigenvalue weighted by atomic mass is 9.97. The molecule has 0 saturated heterocycles. The SMILES string of the molecule is CCC(C#N)c1[nH]c2ccccc2c1CC(=O)O. The molecule has 2 N–H and O–H groups in total. The highest BCUT2D eigenvalue weighted by Crippen LogP contribution is 2.29. The van der Waals surface area contributed by atoms with Gasteiger partial charge in [-0.25, -0.2) is 0 Å². The van der Waals surface area contributed by atoms with E-state index in [0.717, 1.165) is 22.2 Å². The molecule has 2 aromatic rings. The van der Waals surface area contributed by atoms with Crippen molar-refractivity contribution in [3.8, 4) is 6.07 Å². The van der Waals surface area contributed by atoms with Crippen LogP contribution in [0.4, 0.5) is 0 Å². The van der Waals surface area contributed by atoms with Crippen molar-refractivity contribution in [3.63, 3.8) is 0 Å². The van der Waals surface area contributed by atoms with Crippen LogP contribution in [-0.4, -0.2) is 16.1 Å². The lowest BCUT2D eigenvalue weighted by Crippen LogP contribution is -2.05. The minimum atomic E-state index is -0.881. The number of nitriles is 1.